The van der Waals surface area contributed by atoms with Crippen molar-refractivity contribution in [2.45, 2.75) is 37.6 Å². The van der Waals surface area contributed by atoms with E-state index in [9.17, 15) is 18.3 Å². The molecule has 4 N–H and O–H groups in total. The van der Waals surface area contributed by atoms with Crippen LogP contribution in [-0.2, 0) is 9.84 Å². The molecule has 8 heteroatoms. The van der Waals surface area contributed by atoms with Crippen molar-refractivity contribution in [2.24, 2.45) is 0 Å². The summed E-state index contributed by atoms with van der Waals surface area (Å²) < 4.78 is 24.1. The molecule has 2 rings (SSSR count). The molecule has 134 valence electrons. The molecule has 1 aliphatic rings. The van der Waals surface area contributed by atoms with Gasteiger partial charge in [0.05, 0.1) is 21.9 Å². The van der Waals surface area contributed by atoms with Crippen molar-refractivity contribution in [3.8, 4) is 5.75 Å². The predicted molar refractivity (Wildman–Crippen MR) is 92.8 cm³/mol. The van der Waals surface area contributed by atoms with E-state index in [0.29, 0.717) is 6.54 Å². The zero-order valence-corrected chi connectivity index (χ0v) is 14.9. The minimum absolute atomic E-state index is 0.0566. The highest BCUT2D eigenvalue weighted by atomic mass is 32.2. The van der Waals surface area contributed by atoms with Crippen LogP contribution in [0.3, 0.4) is 0 Å². The molecule has 0 saturated carbocycles. The smallest absolute Gasteiger partial charge is 0.255 e. The summed E-state index contributed by atoms with van der Waals surface area (Å²) in [7, 11) is -3.57. The first kappa shape index (κ1) is 18.5. The Morgan fingerprint density at radius 1 is 1.42 bits per heavy atom. The lowest BCUT2D eigenvalue weighted by Gasteiger charge is -2.23. The molecule has 1 fully saturated rings. The maximum atomic E-state index is 12.4. The summed E-state index contributed by atoms with van der Waals surface area (Å²) in [5.41, 5.74) is 5.56. The minimum Gasteiger partial charge on any atom is -0.507 e. The Hall–Kier alpha value is -1.80. The number of hydrogen-bond acceptors (Lipinski definition) is 6. The van der Waals surface area contributed by atoms with E-state index in [0.717, 1.165) is 38.1 Å². The number of likely N-dealkylation sites (N-methyl/N-ethyl adjacent to an activating group) is 1. The third-order valence-corrected chi connectivity index (χ3v) is 6.28. The van der Waals surface area contributed by atoms with Gasteiger partial charge in [-0.2, -0.15) is 0 Å². The molecule has 1 saturated heterocycles. The Labute approximate surface area is 142 Å². The number of carbonyl (C=O) groups is 1. The fraction of sp³-hybridized carbons (Fsp3) is 0.562. The average Bonchev–Trinajstić information content (AvgIpc) is 2.99. The lowest BCUT2D eigenvalue weighted by atomic mass is 10.1. The Morgan fingerprint density at radius 3 is 2.75 bits per heavy atom. The van der Waals surface area contributed by atoms with Crippen molar-refractivity contribution in [3.63, 3.8) is 0 Å². The first-order valence-electron chi connectivity index (χ1n) is 8.17. The lowest BCUT2D eigenvalue weighted by molar-refractivity contribution is 0.0938. The van der Waals surface area contributed by atoms with Gasteiger partial charge < -0.3 is 16.2 Å². The summed E-state index contributed by atoms with van der Waals surface area (Å²) in [6.07, 6.45) is 2.11. The second-order valence-electron chi connectivity index (χ2n) is 5.95. The van der Waals surface area contributed by atoms with E-state index in [1.807, 2.05) is 0 Å². The van der Waals surface area contributed by atoms with Gasteiger partial charge >= 0.3 is 0 Å². The Bertz CT molecular complexity index is 718. The zero-order valence-electron chi connectivity index (χ0n) is 14.1. The Balaban J connectivity index is 2.19. The fourth-order valence-corrected chi connectivity index (χ4v) is 4.07. The number of rotatable bonds is 6. The van der Waals surface area contributed by atoms with Gasteiger partial charge in [0.2, 0.25) is 0 Å². The van der Waals surface area contributed by atoms with Crippen molar-refractivity contribution in [1.82, 2.24) is 10.2 Å². The Morgan fingerprint density at radius 2 is 2.12 bits per heavy atom. The van der Waals surface area contributed by atoms with Crippen molar-refractivity contribution >= 4 is 21.4 Å². The molecule has 7 nitrogen and oxygen atoms in total. The number of benzene rings is 1. The maximum absolute atomic E-state index is 12.4. The number of likely N-dealkylation sites (tertiary alicyclic amines) is 1. The summed E-state index contributed by atoms with van der Waals surface area (Å²) >= 11 is 0. The van der Waals surface area contributed by atoms with Gasteiger partial charge in [0.25, 0.3) is 5.91 Å². The van der Waals surface area contributed by atoms with Gasteiger partial charge in [-0.25, -0.2) is 8.42 Å². The summed E-state index contributed by atoms with van der Waals surface area (Å²) in [4.78, 5) is 14.5. The molecule has 0 unspecified atom stereocenters. The average molecular weight is 355 g/mol. The number of nitrogen functional groups attached to an aromatic ring is 1. The highest BCUT2D eigenvalue weighted by molar-refractivity contribution is 7.91. The number of hydrogen-bond donors (Lipinski definition) is 3. The molecular weight excluding hydrogens is 330 g/mol. The summed E-state index contributed by atoms with van der Waals surface area (Å²) in [6.45, 7) is 5.98. The lowest BCUT2D eigenvalue weighted by Crippen LogP contribution is -2.40. The van der Waals surface area contributed by atoms with Gasteiger partial charge in [0.15, 0.2) is 9.84 Å². The van der Waals surface area contributed by atoms with E-state index in [-0.39, 0.29) is 33.7 Å². The molecule has 0 aromatic heterocycles. The van der Waals surface area contributed by atoms with Crippen molar-refractivity contribution in [1.29, 1.82) is 0 Å². The number of carbonyl (C=O) groups excluding carboxylic acids is 1. The van der Waals surface area contributed by atoms with Crippen LogP contribution in [0.15, 0.2) is 17.0 Å². The first-order chi connectivity index (χ1) is 11.3. The van der Waals surface area contributed by atoms with E-state index >= 15 is 0 Å². The molecular formula is C16H25N3O4S. The quantitative estimate of drug-likeness (QED) is 0.656. The topological polar surface area (TPSA) is 113 Å². The second-order valence-corrected chi connectivity index (χ2v) is 8.19. The zero-order chi connectivity index (χ0) is 17.9. The SMILES string of the molecule is CCN1CCC[C@@H]1CNC(=O)c1cc(S(=O)(=O)CC)c(N)cc1O. The maximum Gasteiger partial charge on any atom is 0.255 e. The van der Waals surface area contributed by atoms with Crippen molar-refractivity contribution in [3.05, 3.63) is 17.7 Å². The predicted octanol–water partition coefficient (Wildman–Crippen LogP) is 0.982. The number of nitrogens with zero attached hydrogens (tertiary/aromatic N) is 1. The van der Waals surface area contributed by atoms with Crippen molar-refractivity contribution in [2.75, 3.05) is 31.1 Å². The fourth-order valence-electron chi connectivity index (χ4n) is 3.04. The van der Waals surface area contributed by atoms with Crippen LogP contribution in [0.4, 0.5) is 5.69 Å². The number of nitrogens with two attached hydrogens (primary N) is 1. The van der Waals surface area contributed by atoms with Crippen LogP contribution in [0.1, 0.15) is 37.0 Å². The largest absolute Gasteiger partial charge is 0.507 e. The van der Waals surface area contributed by atoms with E-state index in [2.05, 4.69) is 17.1 Å². The molecule has 1 aromatic rings. The molecule has 0 aliphatic carbocycles. The van der Waals surface area contributed by atoms with E-state index < -0.39 is 15.7 Å². The molecule has 1 atom stereocenters. The van der Waals surface area contributed by atoms with Gasteiger partial charge in [0.1, 0.15) is 5.75 Å². The van der Waals surface area contributed by atoms with Gasteiger partial charge in [-0.15, -0.1) is 0 Å². The van der Waals surface area contributed by atoms with Crippen LogP contribution in [-0.4, -0.2) is 55.8 Å². The highest BCUT2D eigenvalue weighted by Gasteiger charge is 2.25. The molecule has 24 heavy (non-hydrogen) atoms. The van der Waals surface area contributed by atoms with E-state index in [4.69, 9.17) is 5.73 Å². The summed E-state index contributed by atoms with van der Waals surface area (Å²) in [5.74, 6) is -0.946. The number of phenols is 1. The van der Waals surface area contributed by atoms with E-state index in [1.165, 1.54) is 6.92 Å². The second kappa shape index (κ2) is 7.40. The number of phenolic OH excluding ortho intramolecular Hbond substituents is 1. The molecule has 0 radical (unpaired) electrons. The van der Waals surface area contributed by atoms with E-state index in [1.54, 1.807) is 0 Å². The number of amides is 1. The highest BCUT2D eigenvalue weighted by Crippen LogP contribution is 2.28. The van der Waals surface area contributed by atoms with Gasteiger partial charge in [-0.1, -0.05) is 13.8 Å². The number of nitrogens with one attached hydrogen (secondary N) is 1. The number of aromatic hydroxyl groups is 1. The normalized spacial score (nSPS) is 18.7. The molecule has 0 spiro atoms. The van der Waals surface area contributed by atoms with Gasteiger partial charge in [-0.3, -0.25) is 9.69 Å². The third-order valence-electron chi connectivity index (χ3n) is 4.49. The monoisotopic (exact) mass is 355 g/mol. The third kappa shape index (κ3) is 3.81. The van der Waals surface area contributed by atoms with Crippen LogP contribution >= 0.6 is 0 Å². The molecule has 1 aliphatic heterocycles. The Kier molecular flexibility index (Phi) is 5.71. The minimum atomic E-state index is -3.57. The molecule has 1 heterocycles. The van der Waals surface area contributed by atoms with Crippen LogP contribution in [0.5, 0.6) is 5.75 Å². The van der Waals surface area contributed by atoms with Crippen LogP contribution < -0.4 is 11.1 Å². The summed E-state index contributed by atoms with van der Waals surface area (Å²) in [5, 5.41) is 12.8. The van der Waals surface area contributed by atoms with Crippen LogP contribution in [0.2, 0.25) is 0 Å². The van der Waals surface area contributed by atoms with Gasteiger partial charge in [0, 0.05) is 18.7 Å². The molecule has 1 aromatic carbocycles. The van der Waals surface area contributed by atoms with Crippen LogP contribution in [0, 0.1) is 0 Å². The first-order valence-corrected chi connectivity index (χ1v) is 9.82. The standard InChI is InChI=1S/C16H25N3O4S/c1-3-19-7-5-6-11(19)10-18-16(21)12-8-15(24(22,23)4-2)13(17)9-14(12)20/h8-9,11,20H,3-7,10,17H2,1-2H3,(H,18,21)/t11-/m1/s1. The van der Waals surface area contributed by atoms with Crippen LogP contribution in [0.25, 0.3) is 0 Å². The van der Waals surface area contributed by atoms with Crippen molar-refractivity contribution < 1.29 is 18.3 Å². The summed E-state index contributed by atoms with van der Waals surface area (Å²) in [6, 6.07) is 2.55. The molecule has 1 amide bonds. The number of sulfone groups is 1. The van der Waals surface area contributed by atoms with Gasteiger partial charge in [-0.05, 0) is 32.0 Å². The number of anilines is 1. The molecule has 0 bridgehead atoms.